The molecule has 4 rings (SSSR count). The van der Waals surface area contributed by atoms with Crippen molar-refractivity contribution < 1.29 is 4.74 Å². The number of aromatic amines is 1. The Morgan fingerprint density at radius 1 is 1.48 bits per heavy atom. The fourth-order valence-corrected chi connectivity index (χ4v) is 3.94. The SMILES string of the molecule is C=CCNc1nc2[nH]c(=O)c3c(c2s1)OC(N)=C(C#N)C3c1ccncc1. The Kier molecular flexibility index (Phi) is 4.10. The van der Waals surface area contributed by atoms with Crippen LogP contribution < -0.4 is 21.3 Å². The van der Waals surface area contributed by atoms with Crippen LogP contribution in [0.1, 0.15) is 17.0 Å². The summed E-state index contributed by atoms with van der Waals surface area (Å²) in [7, 11) is 0. The number of thiazole rings is 1. The Labute approximate surface area is 157 Å². The van der Waals surface area contributed by atoms with E-state index in [9.17, 15) is 10.1 Å². The molecule has 0 radical (unpaired) electrons. The third kappa shape index (κ3) is 2.72. The summed E-state index contributed by atoms with van der Waals surface area (Å²) < 4.78 is 6.37. The fraction of sp³-hybridized carbons (Fsp3) is 0.111. The normalized spacial score (nSPS) is 15.7. The molecule has 3 aromatic heterocycles. The minimum atomic E-state index is -0.637. The zero-order valence-corrected chi connectivity index (χ0v) is 14.8. The summed E-state index contributed by atoms with van der Waals surface area (Å²) in [5.41, 5.74) is 7.30. The highest BCUT2D eigenvalue weighted by atomic mass is 32.1. The van der Waals surface area contributed by atoms with Crippen LogP contribution in [0.2, 0.25) is 0 Å². The molecule has 0 bridgehead atoms. The average molecular weight is 378 g/mol. The van der Waals surface area contributed by atoms with Crippen LogP contribution in [0.3, 0.4) is 0 Å². The van der Waals surface area contributed by atoms with Crippen molar-refractivity contribution in [3.63, 3.8) is 0 Å². The number of allylic oxidation sites excluding steroid dienone is 1. The second kappa shape index (κ2) is 6.59. The number of fused-ring (bicyclic) bond motifs is 3. The molecule has 0 fully saturated rings. The highest BCUT2D eigenvalue weighted by Crippen LogP contribution is 2.44. The first-order valence-corrected chi connectivity index (χ1v) is 8.84. The summed E-state index contributed by atoms with van der Waals surface area (Å²) in [6, 6.07) is 5.57. The molecular formula is C18H14N6O2S. The molecule has 4 heterocycles. The lowest BCUT2D eigenvalue weighted by Crippen LogP contribution is -2.27. The van der Waals surface area contributed by atoms with Crippen LogP contribution in [-0.4, -0.2) is 21.5 Å². The molecule has 8 nitrogen and oxygen atoms in total. The molecule has 134 valence electrons. The Balaban J connectivity index is 1.98. The van der Waals surface area contributed by atoms with Crippen LogP contribution in [0, 0.1) is 11.3 Å². The second-order valence-electron chi connectivity index (χ2n) is 5.77. The number of nitrogens with one attached hydrogen (secondary N) is 2. The maximum atomic E-state index is 12.9. The predicted octanol–water partition coefficient (Wildman–Crippen LogP) is 2.20. The lowest BCUT2D eigenvalue weighted by atomic mass is 9.85. The zero-order chi connectivity index (χ0) is 19.0. The van der Waals surface area contributed by atoms with Crippen molar-refractivity contribution >= 4 is 26.8 Å². The highest BCUT2D eigenvalue weighted by molar-refractivity contribution is 7.22. The van der Waals surface area contributed by atoms with E-state index in [-0.39, 0.29) is 17.0 Å². The molecule has 4 N–H and O–H groups in total. The summed E-state index contributed by atoms with van der Waals surface area (Å²) >= 11 is 1.33. The molecule has 0 saturated carbocycles. The number of hydrogen-bond donors (Lipinski definition) is 3. The first-order valence-electron chi connectivity index (χ1n) is 8.03. The lowest BCUT2D eigenvalue weighted by Gasteiger charge is -2.25. The van der Waals surface area contributed by atoms with Crippen LogP contribution >= 0.6 is 11.3 Å². The Morgan fingerprint density at radius 3 is 2.96 bits per heavy atom. The van der Waals surface area contributed by atoms with Gasteiger partial charge in [-0.3, -0.25) is 9.78 Å². The molecule has 0 spiro atoms. The number of rotatable bonds is 4. The average Bonchev–Trinajstić information content (AvgIpc) is 3.09. The number of ether oxygens (including phenoxy) is 1. The number of hydrogen-bond acceptors (Lipinski definition) is 8. The number of aromatic nitrogens is 3. The first kappa shape index (κ1) is 16.8. The maximum absolute atomic E-state index is 12.9. The van der Waals surface area contributed by atoms with Gasteiger partial charge >= 0.3 is 0 Å². The van der Waals surface area contributed by atoms with Crippen molar-refractivity contribution in [1.82, 2.24) is 15.0 Å². The van der Waals surface area contributed by atoms with Crippen molar-refractivity contribution in [1.29, 1.82) is 5.26 Å². The summed E-state index contributed by atoms with van der Waals surface area (Å²) in [5.74, 6) is -0.328. The molecule has 0 aromatic carbocycles. The van der Waals surface area contributed by atoms with Gasteiger partial charge in [0.1, 0.15) is 16.3 Å². The van der Waals surface area contributed by atoms with Gasteiger partial charge in [0.2, 0.25) is 5.88 Å². The van der Waals surface area contributed by atoms with E-state index in [1.54, 1.807) is 30.6 Å². The van der Waals surface area contributed by atoms with Crippen LogP contribution in [0.4, 0.5) is 5.13 Å². The van der Waals surface area contributed by atoms with Gasteiger partial charge < -0.3 is 20.8 Å². The van der Waals surface area contributed by atoms with Gasteiger partial charge in [0, 0.05) is 18.9 Å². The molecule has 3 aromatic rings. The van der Waals surface area contributed by atoms with E-state index in [1.807, 2.05) is 0 Å². The molecule has 9 heteroatoms. The number of nitriles is 1. The van der Waals surface area contributed by atoms with E-state index in [4.69, 9.17) is 10.5 Å². The second-order valence-corrected chi connectivity index (χ2v) is 6.77. The quantitative estimate of drug-likeness (QED) is 0.593. The largest absolute Gasteiger partial charge is 0.438 e. The van der Waals surface area contributed by atoms with Crippen LogP contribution in [-0.2, 0) is 0 Å². The van der Waals surface area contributed by atoms with Gasteiger partial charge in [0.15, 0.2) is 16.5 Å². The van der Waals surface area contributed by atoms with Gasteiger partial charge in [-0.1, -0.05) is 17.4 Å². The lowest BCUT2D eigenvalue weighted by molar-refractivity contribution is 0.397. The molecule has 1 aliphatic rings. The maximum Gasteiger partial charge on any atom is 0.257 e. The molecule has 1 atom stereocenters. The number of pyridine rings is 2. The van der Waals surface area contributed by atoms with Crippen LogP contribution in [0.25, 0.3) is 10.3 Å². The Morgan fingerprint density at radius 2 is 2.26 bits per heavy atom. The molecule has 27 heavy (non-hydrogen) atoms. The topological polar surface area (TPSA) is 130 Å². The molecule has 1 unspecified atom stereocenters. The third-order valence-electron chi connectivity index (χ3n) is 4.17. The molecule has 0 saturated heterocycles. The number of nitrogens with two attached hydrogens (primary N) is 1. The molecular weight excluding hydrogens is 364 g/mol. The Bertz CT molecular complexity index is 1170. The summed E-state index contributed by atoms with van der Waals surface area (Å²) in [5, 5.41) is 13.3. The standard InChI is InChI=1S/C18H14N6O2S/c1-2-5-22-18-24-16-14(27-18)13-12(17(25)23-16)11(9-3-6-21-7-4-9)10(8-19)15(20)26-13/h2-4,6-7,11H,1,5,20H2,(H2,22,23,24,25). The van der Waals surface area contributed by atoms with Crippen LogP contribution in [0.5, 0.6) is 5.75 Å². The molecule has 0 amide bonds. The van der Waals surface area contributed by atoms with Crippen molar-refractivity contribution in [3.05, 3.63) is 70.1 Å². The van der Waals surface area contributed by atoms with E-state index in [2.05, 4.69) is 32.9 Å². The van der Waals surface area contributed by atoms with Gasteiger partial charge in [-0.25, -0.2) is 4.98 Å². The monoisotopic (exact) mass is 378 g/mol. The first-order chi connectivity index (χ1) is 13.1. The van der Waals surface area contributed by atoms with E-state index in [0.29, 0.717) is 33.3 Å². The van der Waals surface area contributed by atoms with E-state index in [0.717, 1.165) is 5.56 Å². The summed E-state index contributed by atoms with van der Waals surface area (Å²) in [4.78, 5) is 24.0. The predicted molar refractivity (Wildman–Crippen MR) is 102 cm³/mol. The van der Waals surface area contributed by atoms with Crippen molar-refractivity contribution in [2.45, 2.75) is 5.92 Å². The van der Waals surface area contributed by atoms with Crippen molar-refractivity contribution in [3.8, 4) is 11.8 Å². The summed E-state index contributed by atoms with van der Waals surface area (Å²) in [6.45, 7) is 4.19. The van der Waals surface area contributed by atoms with Gasteiger partial charge in [-0.2, -0.15) is 5.26 Å². The Hall–Kier alpha value is -3.64. The third-order valence-corrected chi connectivity index (χ3v) is 5.18. The number of anilines is 1. The van der Waals surface area contributed by atoms with E-state index < -0.39 is 5.92 Å². The van der Waals surface area contributed by atoms with Gasteiger partial charge in [0.25, 0.3) is 5.56 Å². The van der Waals surface area contributed by atoms with Crippen molar-refractivity contribution in [2.75, 3.05) is 11.9 Å². The summed E-state index contributed by atoms with van der Waals surface area (Å²) in [6.07, 6.45) is 4.92. The van der Waals surface area contributed by atoms with Gasteiger partial charge in [-0.15, -0.1) is 6.58 Å². The number of H-pyrrole nitrogens is 1. The van der Waals surface area contributed by atoms with Crippen molar-refractivity contribution in [2.24, 2.45) is 5.73 Å². The van der Waals surface area contributed by atoms with E-state index in [1.165, 1.54) is 11.3 Å². The van der Waals surface area contributed by atoms with E-state index >= 15 is 0 Å². The van der Waals surface area contributed by atoms with Crippen LogP contribution in [0.15, 0.2) is 53.4 Å². The highest BCUT2D eigenvalue weighted by Gasteiger charge is 2.35. The minimum absolute atomic E-state index is 0.0206. The number of nitrogens with zero attached hydrogens (tertiary/aromatic N) is 3. The minimum Gasteiger partial charge on any atom is -0.438 e. The fourth-order valence-electron chi connectivity index (χ4n) is 3.02. The zero-order valence-electron chi connectivity index (χ0n) is 14.0. The smallest absolute Gasteiger partial charge is 0.257 e. The molecule has 1 aliphatic heterocycles. The molecule has 0 aliphatic carbocycles. The van der Waals surface area contributed by atoms with Gasteiger partial charge in [-0.05, 0) is 17.7 Å². The van der Waals surface area contributed by atoms with Gasteiger partial charge in [0.05, 0.1) is 11.5 Å².